The first-order valence-electron chi connectivity index (χ1n) is 10.9. The van der Waals surface area contributed by atoms with Crippen LogP contribution in [-0.4, -0.2) is 48.2 Å². The van der Waals surface area contributed by atoms with Crippen LogP contribution in [0.2, 0.25) is 0 Å². The summed E-state index contributed by atoms with van der Waals surface area (Å²) in [5.74, 6) is -0.689. The van der Waals surface area contributed by atoms with Gasteiger partial charge in [0.25, 0.3) is 5.91 Å². The van der Waals surface area contributed by atoms with Gasteiger partial charge in [-0.05, 0) is 82.5 Å². The largest absolute Gasteiger partial charge is 0.462 e. The van der Waals surface area contributed by atoms with Crippen molar-refractivity contribution in [3.05, 3.63) is 69.2 Å². The van der Waals surface area contributed by atoms with E-state index >= 15 is 0 Å². The molecule has 2 heterocycles. The molecule has 0 saturated carbocycles. The van der Waals surface area contributed by atoms with Gasteiger partial charge in [-0.1, -0.05) is 6.07 Å². The van der Waals surface area contributed by atoms with E-state index in [-0.39, 0.29) is 12.5 Å². The highest BCUT2D eigenvalue weighted by Crippen LogP contribution is 2.33. The van der Waals surface area contributed by atoms with Gasteiger partial charge in [-0.3, -0.25) is 4.79 Å². The molecule has 6 nitrogen and oxygen atoms in total. The molecule has 0 unspecified atom stereocenters. The Kier molecular flexibility index (Phi) is 7.04. The van der Waals surface area contributed by atoms with Crippen LogP contribution < -0.4 is 0 Å². The van der Waals surface area contributed by atoms with Crippen molar-refractivity contribution in [3.63, 3.8) is 0 Å². The van der Waals surface area contributed by atoms with E-state index in [9.17, 15) is 9.59 Å². The predicted molar refractivity (Wildman–Crippen MR) is 126 cm³/mol. The number of esters is 1. The number of allylic oxidation sites excluding steroid dienone is 1. The maximum absolute atomic E-state index is 13.2. The number of amides is 1. The van der Waals surface area contributed by atoms with Crippen molar-refractivity contribution in [1.29, 1.82) is 0 Å². The maximum Gasteiger partial charge on any atom is 0.340 e. The molecular weight excluding hydrogens is 404 g/mol. The molecule has 1 aliphatic rings. The molecule has 3 rings (SSSR count). The third-order valence-electron chi connectivity index (χ3n) is 6.03. The zero-order valence-corrected chi connectivity index (χ0v) is 20.0. The van der Waals surface area contributed by atoms with Gasteiger partial charge in [-0.15, -0.1) is 0 Å². The van der Waals surface area contributed by atoms with Crippen LogP contribution in [0, 0.1) is 27.7 Å². The number of hydrogen-bond donors (Lipinski definition) is 0. The second-order valence-corrected chi connectivity index (χ2v) is 8.12. The van der Waals surface area contributed by atoms with Crippen molar-refractivity contribution in [2.45, 2.75) is 41.5 Å². The minimum absolute atomic E-state index is 0.210. The lowest BCUT2D eigenvalue weighted by atomic mass is 10.0. The van der Waals surface area contributed by atoms with Crippen molar-refractivity contribution in [2.75, 3.05) is 26.9 Å². The molecule has 1 aliphatic heterocycles. The molecule has 2 aromatic rings. The quantitative estimate of drug-likeness (QED) is 0.476. The second kappa shape index (κ2) is 9.57. The minimum atomic E-state index is -0.479. The number of benzene rings is 1. The number of carbonyl (C=O) groups excluding carboxylic acids is 2. The molecule has 0 spiro atoms. The van der Waals surface area contributed by atoms with Crippen LogP contribution in [0.5, 0.6) is 0 Å². The van der Waals surface area contributed by atoms with E-state index in [4.69, 9.17) is 9.47 Å². The molecule has 170 valence electrons. The third-order valence-corrected chi connectivity index (χ3v) is 6.03. The Balaban J connectivity index is 2.10. The second-order valence-electron chi connectivity index (χ2n) is 8.12. The minimum Gasteiger partial charge on any atom is -0.462 e. The van der Waals surface area contributed by atoms with Crippen molar-refractivity contribution in [1.82, 2.24) is 9.47 Å². The van der Waals surface area contributed by atoms with Crippen LogP contribution in [0.15, 0.2) is 41.1 Å². The van der Waals surface area contributed by atoms with Crippen molar-refractivity contribution in [3.8, 4) is 5.69 Å². The summed E-state index contributed by atoms with van der Waals surface area (Å²) in [5.41, 5.74) is 7.77. The fourth-order valence-electron chi connectivity index (χ4n) is 4.13. The first-order valence-corrected chi connectivity index (χ1v) is 10.9. The van der Waals surface area contributed by atoms with Crippen LogP contribution in [0.25, 0.3) is 11.8 Å². The number of methoxy groups -OCH3 is 1. The van der Waals surface area contributed by atoms with Crippen LogP contribution >= 0.6 is 0 Å². The van der Waals surface area contributed by atoms with Crippen LogP contribution in [0.3, 0.4) is 0 Å². The van der Waals surface area contributed by atoms with Gasteiger partial charge in [-0.25, -0.2) is 4.79 Å². The highest BCUT2D eigenvalue weighted by Gasteiger charge is 2.37. The highest BCUT2D eigenvalue weighted by atomic mass is 16.5. The third kappa shape index (κ3) is 4.28. The Morgan fingerprint density at radius 3 is 2.41 bits per heavy atom. The van der Waals surface area contributed by atoms with Gasteiger partial charge in [0.05, 0.1) is 24.4 Å². The molecule has 0 radical (unpaired) electrons. The predicted octanol–water partition coefficient (Wildman–Crippen LogP) is 4.42. The van der Waals surface area contributed by atoms with Gasteiger partial charge in [-0.2, -0.15) is 0 Å². The number of ether oxygens (including phenoxy) is 2. The fourth-order valence-corrected chi connectivity index (χ4v) is 4.13. The van der Waals surface area contributed by atoms with Crippen molar-refractivity contribution >= 4 is 18.0 Å². The van der Waals surface area contributed by atoms with E-state index in [1.54, 1.807) is 25.9 Å². The van der Waals surface area contributed by atoms with E-state index in [1.165, 1.54) is 11.1 Å². The van der Waals surface area contributed by atoms with Crippen molar-refractivity contribution in [2.24, 2.45) is 0 Å². The van der Waals surface area contributed by atoms with Gasteiger partial charge in [0.2, 0.25) is 0 Å². The average molecular weight is 437 g/mol. The summed E-state index contributed by atoms with van der Waals surface area (Å²) >= 11 is 0. The lowest BCUT2D eigenvalue weighted by Gasteiger charge is -2.16. The van der Waals surface area contributed by atoms with Gasteiger partial charge in [0.15, 0.2) is 0 Å². The van der Waals surface area contributed by atoms with Crippen LogP contribution in [-0.2, 0) is 19.1 Å². The van der Waals surface area contributed by atoms with E-state index in [0.29, 0.717) is 30.0 Å². The Morgan fingerprint density at radius 2 is 1.78 bits per heavy atom. The molecule has 0 atom stereocenters. The van der Waals surface area contributed by atoms with Gasteiger partial charge < -0.3 is 18.9 Å². The Labute approximate surface area is 190 Å². The standard InChI is InChI=1S/C26H32N2O4/c1-8-32-26(30)24-20(6)27(11-12-31-7)25(29)23(24)15-21-14-18(4)28(19(21)5)22-10-9-16(2)17(3)13-22/h9-10,13-15H,8,11-12H2,1-7H3. The number of rotatable bonds is 7. The Hall–Kier alpha value is -3.12. The summed E-state index contributed by atoms with van der Waals surface area (Å²) in [5, 5.41) is 0. The molecule has 0 fully saturated rings. The summed E-state index contributed by atoms with van der Waals surface area (Å²) in [6, 6.07) is 8.41. The summed E-state index contributed by atoms with van der Waals surface area (Å²) < 4.78 is 12.6. The number of nitrogens with zero attached hydrogens (tertiary/aromatic N) is 2. The normalized spacial score (nSPS) is 15.3. The van der Waals surface area contributed by atoms with E-state index in [2.05, 4.69) is 36.6 Å². The summed E-state index contributed by atoms with van der Waals surface area (Å²) in [4.78, 5) is 27.6. The lowest BCUT2D eigenvalue weighted by Crippen LogP contribution is -2.28. The lowest BCUT2D eigenvalue weighted by molar-refractivity contribution is -0.138. The summed E-state index contributed by atoms with van der Waals surface area (Å²) in [7, 11) is 1.59. The van der Waals surface area contributed by atoms with E-state index in [0.717, 1.165) is 22.6 Å². The van der Waals surface area contributed by atoms with Gasteiger partial charge in [0, 0.05) is 36.4 Å². The average Bonchev–Trinajstić information content (AvgIpc) is 3.15. The molecule has 0 saturated heterocycles. The molecule has 1 aromatic heterocycles. The molecule has 0 N–H and O–H groups in total. The smallest absolute Gasteiger partial charge is 0.340 e. The topological polar surface area (TPSA) is 60.8 Å². The SMILES string of the molecule is CCOC(=O)C1=C(C)N(CCOC)C(=O)C1=Cc1cc(C)n(-c2ccc(C)c(C)c2)c1C. The molecule has 1 amide bonds. The fraction of sp³-hybridized carbons (Fsp3) is 0.385. The number of aryl methyl sites for hydroxylation is 3. The Bertz CT molecular complexity index is 1120. The monoisotopic (exact) mass is 436 g/mol. The molecule has 32 heavy (non-hydrogen) atoms. The van der Waals surface area contributed by atoms with Crippen molar-refractivity contribution < 1.29 is 19.1 Å². The zero-order valence-electron chi connectivity index (χ0n) is 20.0. The first-order chi connectivity index (χ1) is 15.2. The zero-order chi connectivity index (χ0) is 23.6. The molecule has 0 aliphatic carbocycles. The van der Waals surface area contributed by atoms with Crippen LogP contribution in [0.1, 0.15) is 41.9 Å². The highest BCUT2D eigenvalue weighted by molar-refractivity contribution is 6.16. The molecular formula is C26H32N2O4. The Morgan fingerprint density at radius 1 is 1.06 bits per heavy atom. The van der Waals surface area contributed by atoms with Crippen LogP contribution in [0.4, 0.5) is 0 Å². The van der Waals surface area contributed by atoms with E-state index < -0.39 is 5.97 Å². The summed E-state index contributed by atoms with van der Waals surface area (Å²) in [6.45, 7) is 12.8. The van der Waals surface area contributed by atoms with E-state index in [1.807, 2.05) is 26.0 Å². The van der Waals surface area contributed by atoms with Gasteiger partial charge >= 0.3 is 5.97 Å². The first kappa shape index (κ1) is 23.5. The number of aromatic nitrogens is 1. The summed E-state index contributed by atoms with van der Waals surface area (Å²) in [6.07, 6.45) is 1.81. The number of carbonyl (C=O) groups is 2. The number of hydrogen-bond acceptors (Lipinski definition) is 4. The molecule has 6 heteroatoms. The van der Waals surface area contributed by atoms with Gasteiger partial charge in [0.1, 0.15) is 0 Å². The maximum atomic E-state index is 13.2. The molecule has 0 bridgehead atoms. The molecule has 1 aromatic carbocycles.